The summed E-state index contributed by atoms with van der Waals surface area (Å²) in [5.41, 5.74) is 5.62. The number of carbonyl (C=O) groups is 4. The fourth-order valence-corrected chi connectivity index (χ4v) is 10.00. The molecule has 264 valence electrons. The molecule has 2 aliphatic heterocycles. The van der Waals surface area contributed by atoms with Gasteiger partial charge in [0.25, 0.3) is 11.8 Å². The fourth-order valence-electron chi connectivity index (χ4n) is 8.91. The number of ether oxygens (including phenoxy) is 1. The molecule has 12 heteroatoms. The molecule has 2 heterocycles. The number of allylic oxidation sites excluding steroid dienone is 2. The van der Waals surface area contributed by atoms with Gasteiger partial charge < -0.3 is 9.84 Å². The zero-order valence-electron chi connectivity index (χ0n) is 28.0. The van der Waals surface area contributed by atoms with Gasteiger partial charge in [0, 0.05) is 15.4 Å². The summed E-state index contributed by atoms with van der Waals surface area (Å²) in [4.78, 5) is 60.1. The Morgan fingerprint density at radius 3 is 2.25 bits per heavy atom. The number of rotatable bonds is 6. The molecule has 4 aliphatic rings. The van der Waals surface area contributed by atoms with Gasteiger partial charge in [0.2, 0.25) is 11.8 Å². The minimum atomic E-state index is -1.49. The third kappa shape index (κ3) is 4.99. The molecular weight excluding hydrogens is 814 g/mol. The number of amides is 4. The van der Waals surface area contributed by atoms with Crippen molar-refractivity contribution >= 4 is 78.5 Å². The fraction of sp³-hybridized carbons (Fsp3) is 0.250. The summed E-state index contributed by atoms with van der Waals surface area (Å²) in [6.07, 6.45) is 2.40. The molecule has 8 rings (SSSR count). The minimum Gasteiger partial charge on any atom is -0.503 e. The highest BCUT2D eigenvalue weighted by atomic mass is 79.9. The molecule has 9 nitrogen and oxygen atoms in total. The van der Waals surface area contributed by atoms with E-state index in [1.54, 1.807) is 30.3 Å². The third-order valence-electron chi connectivity index (χ3n) is 11.2. The largest absolute Gasteiger partial charge is 0.503 e. The number of fused-ring (bicyclic) bond motifs is 4. The van der Waals surface area contributed by atoms with Crippen LogP contribution in [-0.4, -0.2) is 40.9 Å². The molecule has 4 aromatic carbocycles. The monoisotopic (exact) mass is 843 g/mol. The number of anilines is 2. The van der Waals surface area contributed by atoms with Crippen LogP contribution in [0.2, 0.25) is 5.02 Å². The smallest absolute Gasteiger partial charge is 0.260 e. The van der Waals surface area contributed by atoms with Gasteiger partial charge in [-0.05, 0) is 111 Å². The van der Waals surface area contributed by atoms with Crippen LogP contribution in [0.25, 0.3) is 0 Å². The first-order chi connectivity index (χ1) is 25.0. The number of phenolic OH excluding ortho intramolecular Hbond substituents is 1. The van der Waals surface area contributed by atoms with Crippen LogP contribution in [0.15, 0.2) is 106 Å². The van der Waals surface area contributed by atoms with E-state index in [1.807, 2.05) is 67.6 Å². The van der Waals surface area contributed by atoms with Crippen LogP contribution in [0.4, 0.5) is 11.4 Å². The maximum atomic E-state index is 15.4. The number of hydrogen-bond donors (Lipinski definition) is 2. The lowest BCUT2D eigenvalue weighted by Gasteiger charge is -2.51. The second kappa shape index (κ2) is 12.9. The van der Waals surface area contributed by atoms with Crippen molar-refractivity contribution in [2.45, 2.75) is 31.1 Å². The number of nitrogens with one attached hydrogen (secondary N) is 1. The Labute approximate surface area is 321 Å². The average Bonchev–Trinajstić information content (AvgIpc) is 3.53. The predicted molar refractivity (Wildman–Crippen MR) is 203 cm³/mol. The maximum absolute atomic E-state index is 15.4. The van der Waals surface area contributed by atoms with Crippen molar-refractivity contribution in [1.82, 2.24) is 5.01 Å². The number of aromatic hydroxyl groups is 1. The number of benzene rings is 4. The van der Waals surface area contributed by atoms with E-state index in [0.717, 1.165) is 16.1 Å². The molecule has 4 amide bonds. The van der Waals surface area contributed by atoms with Crippen molar-refractivity contribution in [3.8, 4) is 11.5 Å². The number of phenols is 1. The van der Waals surface area contributed by atoms with Crippen LogP contribution in [0, 0.1) is 30.6 Å². The van der Waals surface area contributed by atoms with Gasteiger partial charge in [-0.3, -0.25) is 29.5 Å². The van der Waals surface area contributed by atoms with Gasteiger partial charge in [0.1, 0.15) is 0 Å². The molecule has 2 saturated heterocycles. The van der Waals surface area contributed by atoms with E-state index in [9.17, 15) is 19.5 Å². The van der Waals surface area contributed by atoms with Crippen LogP contribution in [-0.2, 0) is 24.6 Å². The highest BCUT2D eigenvalue weighted by Crippen LogP contribution is 2.65. The maximum Gasteiger partial charge on any atom is 0.260 e. The van der Waals surface area contributed by atoms with Gasteiger partial charge in [0.05, 0.1) is 46.1 Å². The number of hydrazine groups is 1. The lowest BCUT2D eigenvalue weighted by Crippen LogP contribution is -2.53. The van der Waals surface area contributed by atoms with Gasteiger partial charge in [-0.2, -0.15) is 5.01 Å². The molecule has 0 radical (unpaired) electrons. The molecule has 0 unspecified atom stereocenters. The molecule has 0 spiro atoms. The number of methoxy groups -OCH3 is 1. The second-order valence-corrected chi connectivity index (χ2v) is 15.7. The van der Waals surface area contributed by atoms with Crippen molar-refractivity contribution in [1.29, 1.82) is 0 Å². The molecule has 2 N–H and O–H groups in total. The first-order valence-corrected chi connectivity index (χ1v) is 18.8. The Morgan fingerprint density at radius 1 is 0.885 bits per heavy atom. The molecule has 6 atom stereocenters. The molecule has 1 saturated carbocycles. The van der Waals surface area contributed by atoms with Crippen LogP contribution in [0.1, 0.15) is 35.4 Å². The Morgan fingerprint density at radius 2 is 1.58 bits per heavy atom. The highest BCUT2D eigenvalue weighted by molar-refractivity contribution is 9.13. The normalized spacial score (nSPS) is 26.6. The van der Waals surface area contributed by atoms with Crippen molar-refractivity contribution < 1.29 is 29.0 Å². The summed E-state index contributed by atoms with van der Waals surface area (Å²) < 4.78 is 6.40. The summed E-state index contributed by atoms with van der Waals surface area (Å²) in [6.45, 7) is 1.95. The SMILES string of the molecule is COc1cc([C@H]2C3=CC[C@@H]4C(=O)N(c5ccc(Cl)cc5)C(=O)[C@@H]4[C@@H]3C[C@H]3C(=O)N(Nc4ccc(C)cc4)C(=O)[C@@]23c2ccccc2)c(Br)c(Br)c1O. The van der Waals surface area contributed by atoms with E-state index >= 15 is 4.79 Å². The molecular formula is C40H32Br2ClN3O6. The van der Waals surface area contributed by atoms with Crippen LogP contribution >= 0.6 is 43.5 Å². The lowest BCUT2D eigenvalue weighted by atomic mass is 9.49. The second-order valence-electron chi connectivity index (χ2n) is 13.7. The number of imide groups is 2. The Bertz CT molecular complexity index is 2200. The highest BCUT2D eigenvalue weighted by Gasteiger charge is 2.70. The minimum absolute atomic E-state index is 0.139. The Kier molecular flexibility index (Phi) is 8.59. The van der Waals surface area contributed by atoms with Gasteiger partial charge >= 0.3 is 0 Å². The quantitative estimate of drug-likeness (QED) is 0.149. The number of carbonyl (C=O) groups excluding carboxylic acids is 4. The first kappa shape index (κ1) is 34.6. The van der Waals surface area contributed by atoms with Gasteiger partial charge in [-0.25, -0.2) is 0 Å². The third-order valence-corrected chi connectivity index (χ3v) is 13.6. The van der Waals surface area contributed by atoms with E-state index in [2.05, 4.69) is 37.3 Å². The van der Waals surface area contributed by atoms with Gasteiger partial charge in [-0.1, -0.05) is 71.3 Å². The van der Waals surface area contributed by atoms with Crippen molar-refractivity contribution in [2.75, 3.05) is 17.4 Å². The molecule has 2 aliphatic carbocycles. The van der Waals surface area contributed by atoms with E-state index < -0.39 is 46.8 Å². The molecule has 3 fully saturated rings. The van der Waals surface area contributed by atoms with E-state index in [1.165, 1.54) is 12.0 Å². The molecule has 52 heavy (non-hydrogen) atoms. The van der Waals surface area contributed by atoms with Crippen LogP contribution < -0.4 is 15.1 Å². The van der Waals surface area contributed by atoms with Crippen LogP contribution in [0.3, 0.4) is 0 Å². The zero-order chi connectivity index (χ0) is 36.6. The summed E-state index contributed by atoms with van der Waals surface area (Å²) in [6, 6.07) is 24.9. The van der Waals surface area contributed by atoms with E-state index in [4.69, 9.17) is 16.3 Å². The van der Waals surface area contributed by atoms with Crippen molar-refractivity contribution in [2.24, 2.45) is 23.7 Å². The Balaban J connectivity index is 1.36. The molecule has 0 bridgehead atoms. The average molecular weight is 846 g/mol. The molecule has 4 aromatic rings. The van der Waals surface area contributed by atoms with Crippen molar-refractivity contribution in [3.63, 3.8) is 0 Å². The Hall–Kier alpha value is -4.45. The summed E-state index contributed by atoms with van der Waals surface area (Å²) in [5.74, 6) is -5.29. The number of halogens is 3. The molecule has 0 aromatic heterocycles. The van der Waals surface area contributed by atoms with Crippen LogP contribution in [0.5, 0.6) is 11.5 Å². The predicted octanol–water partition coefficient (Wildman–Crippen LogP) is 8.08. The topological polar surface area (TPSA) is 116 Å². The van der Waals surface area contributed by atoms with E-state index in [-0.39, 0.29) is 36.2 Å². The summed E-state index contributed by atoms with van der Waals surface area (Å²) in [7, 11) is 1.44. The number of aryl methyl sites for hydroxylation is 1. The number of nitrogens with zero attached hydrogens (tertiary/aromatic N) is 2. The number of hydrogen-bond acceptors (Lipinski definition) is 7. The summed E-state index contributed by atoms with van der Waals surface area (Å²) in [5, 5.41) is 12.6. The summed E-state index contributed by atoms with van der Waals surface area (Å²) >= 11 is 13.4. The van der Waals surface area contributed by atoms with Gasteiger partial charge in [0.15, 0.2) is 11.5 Å². The lowest BCUT2D eigenvalue weighted by molar-refractivity contribution is -0.138. The first-order valence-electron chi connectivity index (χ1n) is 16.8. The standard InChI is InChI=1S/C40H32Br2ClN3O6/c1-20-8-12-23(13-9-20)44-46-37(49)29-18-27-25(16-17-26-31(27)38(50)45(36(26)48)24-14-10-22(43)11-15-24)32(28-19-30(52-2)35(47)34(42)33(28)41)40(29,39(46)51)21-6-4-3-5-7-21/h3-16,19,26-27,29,31-32,44,47H,17-18H2,1-2H3/t26-,27+,29-,31-,32+,40+/m0/s1. The van der Waals surface area contributed by atoms with Gasteiger partial charge in [-0.15, -0.1) is 0 Å². The van der Waals surface area contributed by atoms with E-state index in [0.29, 0.717) is 36.5 Å². The van der Waals surface area contributed by atoms with Crippen molar-refractivity contribution in [3.05, 3.63) is 127 Å². The zero-order valence-corrected chi connectivity index (χ0v) is 31.9.